The van der Waals surface area contributed by atoms with Crippen LogP contribution >= 0.6 is 34.8 Å². The highest BCUT2D eigenvalue weighted by molar-refractivity contribution is 6.30. The molecule has 0 aliphatic carbocycles. The lowest BCUT2D eigenvalue weighted by Gasteiger charge is -2.09. The highest BCUT2D eigenvalue weighted by atomic mass is 35.5. The summed E-state index contributed by atoms with van der Waals surface area (Å²) >= 11 is 17.8. The first-order chi connectivity index (χ1) is 25.0. The second kappa shape index (κ2) is 14.3. The highest BCUT2D eigenvalue weighted by Crippen LogP contribution is 2.20. The van der Waals surface area contributed by atoms with E-state index in [-0.39, 0.29) is 36.4 Å². The Morgan fingerprint density at radius 2 is 1.13 bits per heavy atom. The second-order valence-electron chi connectivity index (χ2n) is 12.1. The lowest BCUT2D eigenvalue weighted by Crippen LogP contribution is -2.23. The second-order valence-corrected chi connectivity index (χ2v) is 13.4. The SMILES string of the molecule is CN(C)CCn1ncc2c1nc(N)n1c(=O)n(Cc3cccc(Cl)c3)nc21.Nc1nc2c(cnn2CCCl)c2nn(Cc3cccc(Cl)c3)c(=O)n12. The first kappa shape index (κ1) is 34.9. The summed E-state index contributed by atoms with van der Waals surface area (Å²) in [4.78, 5) is 36.2. The molecular weight excluding hydrogens is 733 g/mol. The van der Waals surface area contributed by atoms with Gasteiger partial charge in [-0.2, -0.15) is 20.2 Å². The molecule has 52 heavy (non-hydrogen) atoms. The summed E-state index contributed by atoms with van der Waals surface area (Å²) in [5.74, 6) is 0.534. The van der Waals surface area contributed by atoms with Crippen LogP contribution in [-0.4, -0.2) is 89.3 Å². The van der Waals surface area contributed by atoms with Crippen LogP contribution in [0.25, 0.3) is 33.4 Å². The van der Waals surface area contributed by atoms with Gasteiger partial charge in [0.15, 0.2) is 22.6 Å². The highest BCUT2D eigenvalue weighted by Gasteiger charge is 2.19. The van der Waals surface area contributed by atoms with Crippen LogP contribution in [0.2, 0.25) is 10.0 Å². The molecule has 0 saturated heterocycles. The van der Waals surface area contributed by atoms with E-state index in [0.29, 0.717) is 62.4 Å². The minimum atomic E-state index is -0.369. The Bertz CT molecular complexity index is 2700. The number of rotatable bonds is 9. The van der Waals surface area contributed by atoms with Crippen molar-refractivity contribution in [3.63, 3.8) is 0 Å². The molecule has 4 N–H and O–H groups in total. The van der Waals surface area contributed by atoms with E-state index in [4.69, 9.17) is 46.3 Å². The van der Waals surface area contributed by atoms with Crippen LogP contribution in [0.5, 0.6) is 0 Å². The van der Waals surface area contributed by atoms with Crippen molar-refractivity contribution in [1.82, 2.24) is 62.8 Å². The van der Waals surface area contributed by atoms with Gasteiger partial charge < -0.3 is 16.4 Å². The molecule has 0 saturated carbocycles. The standard InChI is InChI=1S/C17H19ClN8O.C15H13Cl2N7O/c1-23(2)6-7-24-14-13(9-20-24)15-22-25(17(27)26(15)16(19)21-14)10-11-4-3-5-12(18)8-11;16-4-5-22-12-11(7-19-22)13-21-23(15(25)24(13)14(18)20-12)8-9-2-1-3-10(17)6-9/h3-5,8-9H,6-7,10H2,1-2H3,(H2,19,21);1-3,6-7H,4-5,8H2,(H2,18,20). The molecule has 20 heteroatoms. The number of aromatic nitrogens is 12. The van der Waals surface area contributed by atoms with Gasteiger partial charge in [-0.1, -0.05) is 47.5 Å². The molecule has 8 aromatic rings. The van der Waals surface area contributed by atoms with E-state index in [1.165, 1.54) is 18.2 Å². The zero-order valence-electron chi connectivity index (χ0n) is 27.9. The van der Waals surface area contributed by atoms with Crippen molar-refractivity contribution in [3.05, 3.63) is 103 Å². The van der Waals surface area contributed by atoms with Crippen LogP contribution in [0.1, 0.15) is 11.1 Å². The summed E-state index contributed by atoms with van der Waals surface area (Å²) in [6, 6.07) is 14.6. The average Bonchev–Trinajstić information content (AvgIpc) is 3.86. The van der Waals surface area contributed by atoms with Crippen molar-refractivity contribution >= 4 is 80.1 Å². The minimum Gasteiger partial charge on any atom is -0.369 e. The van der Waals surface area contributed by atoms with E-state index in [1.807, 2.05) is 38.4 Å². The third-order valence-corrected chi connectivity index (χ3v) is 8.82. The topological polar surface area (TPSA) is 195 Å². The summed E-state index contributed by atoms with van der Waals surface area (Å²) in [5.41, 5.74) is 15.1. The molecule has 0 unspecified atom stereocenters. The fraction of sp³-hybridized carbons (Fsp3) is 0.250. The molecule has 0 amide bonds. The zero-order chi connectivity index (χ0) is 36.7. The molecule has 8 rings (SSSR count). The van der Waals surface area contributed by atoms with Gasteiger partial charge in [-0.25, -0.2) is 37.1 Å². The van der Waals surface area contributed by atoms with Gasteiger partial charge in [0.2, 0.25) is 11.9 Å². The molecular formula is C32H32Cl3N15O2. The van der Waals surface area contributed by atoms with Gasteiger partial charge in [-0.3, -0.25) is 0 Å². The zero-order valence-corrected chi connectivity index (χ0v) is 30.2. The number of hydrogen-bond acceptors (Lipinski definition) is 11. The maximum Gasteiger partial charge on any atom is 0.353 e. The van der Waals surface area contributed by atoms with Gasteiger partial charge in [-0.05, 0) is 49.5 Å². The minimum absolute atomic E-state index is 0.0566. The predicted molar refractivity (Wildman–Crippen MR) is 200 cm³/mol. The normalized spacial score (nSPS) is 11.7. The van der Waals surface area contributed by atoms with E-state index in [1.54, 1.807) is 46.0 Å². The Labute approximate surface area is 309 Å². The molecule has 0 aliphatic rings. The Hall–Kier alpha value is -5.49. The van der Waals surface area contributed by atoms with Crippen molar-refractivity contribution in [2.24, 2.45) is 0 Å². The number of anilines is 2. The summed E-state index contributed by atoms with van der Waals surface area (Å²) in [6.07, 6.45) is 3.28. The third kappa shape index (κ3) is 6.66. The number of halogens is 3. The number of nitrogen functional groups attached to an aromatic ring is 2. The van der Waals surface area contributed by atoms with Crippen LogP contribution in [0, 0.1) is 0 Å². The number of likely N-dealkylation sites (N-methyl/N-ethyl adjacent to an activating group) is 1. The van der Waals surface area contributed by atoms with E-state index >= 15 is 0 Å². The predicted octanol–water partition coefficient (Wildman–Crippen LogP) is 2.85. The number of nitrogens with zero attached hydrogens (tertiary/aromatic N) is 13. The van der Waals surface area contributed by atoms with Gasteiger partial charge >= 0.3 is 11.4 Å². The first-order valence-electron chi connectivity index (χ1n) is 15.9. The molecule has 6 aromatic heterocycles. The van der Waals surface area contributed by atoms with E-state index in [2.05, 4.69) is 35.3 Å². The molecule has 0 bridgehead atoms. The Morgan fingerprint density at radius 1 is 0.673 bits per heavy atom. The molecule has 17 nitrogen and oxygen atoms in total. The number of hydrogen-bond donors (Lipinski definition) is 2. The fourth-order valence-electron chi connectivity index (χ4n) is 5.73. The molecule has 0 radical (unpaired) electrons. The van der Waals surface area contributed by atoms with Gasteiger partial charge in [-0.15, -0.1) is 21.8 Å². The number of aryl methyl sites for hydroxylation is 1. The van der Waals surface area contributed by atoms with Crippen molar-refractivity contribution in [3.8, 4) is 0 Å². The smallest absolute Gasteiger partial charge is 0.353 e. The van der Waals surface area contributed by atoms with Crippen LogP contribution in [0.3, 0.4) is 0 Å². The molecule has 0 fully saturated rings. The van der Waals surface area contributed by atoms with Crippen LogP contribution in [0.15, 0.2) is 70.5 Å². The first-order valence-corrected chi connectivity index (χ1v) is 17.2. The lowest BCUT2D eigenvalue weighted by atomic mass is 10.2. The fourth-order valence-corrected chi connectivity index (χ4v) is 6.31. The van der Waals surface area contributed by atoms with Gasteiger partial charge in [0.25, 0.3) is 0 Å². The van der Waals surface area contributed by atoms with Crippen molar-refractivity contribution in [1.29, 1.82) is 0 Å². The summed E-state index contributed by atoms with van der Waals surface area (Å²) < 4.78 is 8.68. The monoisotopic (exact) mass is 763 g/mol. The lowest BCUT2D eigenvalue weighted by molar-refractivity contribution is 0.376. The summed E-state index contributed by atoms with van der Waals surface area (Å²) in [7, 11) is 3.98. The van der Waals surface area contributed by atoms with Crippen molar-refractivity contribution in [2.75, 3.05) is 38.0 Å². The van der Waals surface area contributed by atoms with Gasteiger partial charge in [0, 0.05) is 22.5 Å². The maximum absolute atomic E-state index is 12.8. The molecule has 0 aliphatic heterocycles. The largest absolute Gasteiger partial charge is 0.369 e. The van der Waals surface area contributed by atoms with Crippen molar-refractivity contribution < 1.29 is 0 Å². The van der Waals surface area contributed by atoms with Crippen LogP contribution in [0.4, 0.5) is 11.9 Å². The van der Waals surface area contributed by atoms with E-state index in [9.17, 15) is 9.59 Å². The molecule has 6 heterocycles. The molecule has 268 valence electrons. The number of alkyl halides is 1. The van der Waals surface area contributed by atoms with Crippen LogP contribution in [-0.2, 0) is 26.2 Å². The van der Waals surface area contributed by atoms with Gasteiger partial charge in [0.1, 0.15) is 0 Å². The average molecular weight is 765 g/mol. The van der Waals surface area contributed by atoms with Crippen molar-refractivity contribution in [2.45, 2.75) is 26.2 Å². The number of nitrogens with two attached hydrogens (primary N) is 2. The third-order valence-electron chi connectivity index (χ3n) is 8.18. The van der Waals surface area contributed by atoms with E-state index in [0.717, 1.165) is 17.7 Å². The van der Waals surface area contributed by atoms with Crippen LogP contribution < -0.4 is 22.8 Å². The number of fused-ring (bicyclic) bond motifs is 6. The molecule has 2 aromatic carbocycles. The number of benzene rings is 2. The van der Waals surface area contributed by atoms with E-state index < -0.39 is 0 Å². The van der Waals surface area contributed by atoms with Gasteiger partial charge in [0.05, 0.1) is 49.3 Å². The Balaban J connectivity index is 0.000000162. The molecule has 0 spiro atoms. The maximum atomic E-state index is 12.8. The summed E-state index contributed by atoms with van der Waals surface area (Å²) in [6.45, 7) is 2.52. The Kier molecular flexibility index (Phi) is 9.58. The Morgan fingerprint density at radius 3 is 1.56 bits per heavy atom. The summed E-state index contributed by atoms with van der Waals surface area (Å²) in [5, 5.41) is 20.0. The quantitative estimate of drug-likeness (QED) is 0.205. The molecule has 0 atom stereocenters.